The molecule has 0 aromatic heterocycles. The summed E-state index contributed by atoms with van der Waals surface area (Å²) >= 11 is 5.30. The van der Waals surface area contributed by atoms with E-state index in [4.69, 9.17) is 11.5 Å². The van der Waals surface area contributed by atoms with E-state index in [0.29, 0.717) is 25.1 Å². The van der Waals surface area contributed by atoms with Crippen LogP contribution in [0.3, 0.4) is 0 Å². The van der Waals surface area contributed by atoms with Crippen LogP contribution in [0.4, 0.5) is 17.1 Å². The Kier molecular flexibility index (Phi) is 11.8. The van der Waals surface area contributed by atoms with Gasteiger partial charge in [0.15, 0.2) is 0 Å². The van der Waals surface area contributed by atoms with Crippen molar-refractivity contribution in [2.75, 3.05) is 11.5 Å². The number of nitrogens with two attached hydrogens (primary N) is 2. The number of nitro groups is 1. The van der Waals surface area contributed by atoms with E-state index in [1.807, 2.05) is 12.1 Å². The van der Waals surface area contributed by atoms with Crippen molar-refractivity contribution < 1.29 is 18.2 Å². The van der Waals surface area contributed by atoms with E-state index < -0.39 is 0 Å². The van der Waals surface area contributed by atoms with Crippen molar-refractivity contribution in [3.63, 3.8) is 0 Å². The molecule has 0 saturated heterocycles. The second kappa shape index (κ2) is 15.6. The van der Waals surface area contributed by atoms with E-state index in [9.17, 15) is 10.1 Å². The number of hydrogen-bond donors (Lipinski definition) is 2. The van der Waals surface area contributed by atoms with Crippen LogP contribution >= 0.6 is 37.2 Å². The third-order valence-electron chi connectivity index (χ3n) is 12.1. The molecule has 266 valence electrons. The van der Waals surface area contributed by atoms with Crippen molar-refractivity contribution >= 4 is 54.3 Å². The molecule has 6 bridgehead atoms. The zero-order chi connectivity index (χ0) is 36.0. The first-order chi connectivity index (χ1) is 23.9. The molecular weight excluding hydrogens is 959 g/mol. The summed E-state index contributed by atoms with van der Waals surface area (Å²) in [6.07, 6.45) is 9.62. The average Bonchev–Trinajstić information content (AvgIpc) is 3.93. The van der Waals surface area contributed by atoms with Gasteiger partial charge in [-0.05, 0) is 123 Å². The van der Waals surface area contributed by atoms with Crippen LogP contribution in [0.25, 0.3) is 0 Å². The predicted octanol–water partition coefficient (Wildman–Crippen LogP) is 9.55. The number of nitro benzene ring substituents is 1. The van der Waals surface area contributed by atoms with E-state index >= 15 is 0 Å². The zero-order valence-corrected chi connectivity index (χ0v) is 36.3. The Morgan fingerprint density at radius 1 is 0.720 bits per heavy atom. The topological polar surface area (TPSA) is 95.2 Å². The number of benzene rings is 3. The quantitative estimate of drug-likeness (QED) is 0.0880. The van der Waals surface area contributed by atoms with Gasteiger partial charge in [-0.1, -0.05) is 79.1 Å². The van der Waals surface area contributed by atoms with Gasteiger partial charge in [0.05, 0.1) is 4.92 Å². The number of halogens is 3. The van der Waals surface area contributed by atoms with Crippen LogP contribution in [0.1, 0.15) is 136 Å². The van der Waals surface area contributed by atoms with Gasteiger partial charge in [-0.2, -0.15) is 0 Å². The minimum atomic E-state index is -0.268. The molecule has 9 rings (SSSR count). The summed E-state index contributed by atoms with van der Waals surface area (Å²) in [5.41, 5.74) is 28.3. The summed E-state index contributed by atoms with van der Waals surface area (Å²) in [5.74, 6) is 4.90. The second-order valence-electron chi connectivity index (χ2n) is 15.3. The van der Waals surface area contributed by atoms with E-state index in [2.05, 4.69) is 121 Å². The molecule has 8 heteroatoms. The number of anilines is 2. The Balaban J connectivity index is 0.000000125. The first-order valence-corrected chi connectivity index (χ1v) is 30.4. The van der Waals surface area contributed by atoms with Gasteiger partial charge >= 0.3 is 50.5 Å². The molecule has 3 aromatic carbocycles. The van der Waals surface area contributed by atoms with E-state index in [-0.39, 0.29) is 22.4 Å². The SMILES string of the molecule is CC(C)=C1C2C=CC1c1c2cccc1[N+](=O)[O-].CC(C)=C1C2CCC1c1c(N)cccc12.CC(C)C1C2CCC1c1c(N)cccc12.I[I-]I. The molecule has 6 aliphatic rings. The first-order valence-electron chi connectivity index (χ1n) is 17.9. The molecular formula is C42H49I3N3O2-. The van der Waals surface area contributed by atoms with Gasteiger partial charge < -0.3 is 11.5 Å². The van der Waals surface area contributed by atoms with Gasteiger partial charge in [-0.25, -0.2) is 0 Å². The molecule has 0 heterocycles. The van der Waals surface area contributed by atoms with Gasteiger partial charge in [0.1, 0.15) is 0 Å². The maximum atomic E-state index is 11.1. The Morgan fingerprint density at radius 3 is 1.84 bits per heavy atom. The second-order valence-corrected chi connectivity index (χ2v) is 31.6. The van der Waals surface area contributed by atoms with E-state index in [1.54, 1.807) is 23.3 Å². The van der Waals surface area contributed by atoms with Crippen molar-refractivity contribution in [3.05, 3.63) is 133 Å². The Hall–Kier alpha value is -1.93. The predicted molar refractivity (Wildman–Crippen MR) is 222 cm³/mol. The maximum absolute atomic E-state index is 11.1. The molecule has 6 aliphatic carbocycles. The van der Waals surface area contributed by atoms with Gasteiger partial charge in [0, 0.05) is 46.7 Å². The molecule has 3 aromatic rings. The normalized spacial score (nSPS) is 26.4. The number of allylic oxidation sites excluding steroid dienone is 6. The molecule has 0 radical (unpaired) electrons. The molecule has 7 atom stereocenters. The molecule has 0 amide bonds. The fourth-order valence-corrected chi connectivity index (χ4v) is 10.6. The number of nitrogen functional groups attached to an aromatic ring is 2. The molecule has 0 aliphatic heterocycles. The van der Waals surface area contributed by atoms with Crippen molar-refractivity contribution in [3.8, 4) is 0 Å². The minimum absolute atomic E-state index is 0.126. The van der Waals surface area contributed by atoms with E-state index in [1.165, 1.54) is 59.1 Å². The summed E-state index contributed by atoms with van der Waals surface area (Å²) in [7, 11) is 0. The Morgan fingerprint density at radius 2 is 1.26 bits per heavy atom. The zero-order valence-electron chi connectivity index (χ0n) is 29.9. The van der Waals surface area contributed by atoms with Crippen LogP contribution < -0.4 is 24.7 Å². The van der Waals surface area contributed by atoms with Gasteiger partial charge in [0.2, 0.25) is 0 Å². The summed E-state index contributed by atoms with van der Waals surface area (Å²) in [6, 6.07) is 18.3. The van der Waals surface area contributed by atoms with Crippen molar-refractivity contribution in [2.45, 2.75) is 103 Å². The van der Waals surface area contributed by atoms with Gasteiger partial charge in [-0.3, -0.25) is 10.1 Å². The van der Waals surface area contributed by atoms with Crippen LogP contribution in [0, 0.1) is 22.0 Å². The van der Waals surface area contributed by atoms with Crippen molar-refractivity contribution in [2.24, 2.45) is 11.8 Å². The van der Waals surface area contributed by atoms with Crippen LogP contribution in [-0.4, -0.2) is 4.92 Å². The number of hydrogen-bond acceptors (Lipinski definition) is 4. The van der Waals surface area contributed by atoms with Crippen LogP contribution in [0.15, 0.2) is 89.0 Å². The third-order valence-corrected chi connectivity index (χ3v) is 12.1. The van der Waals surface area contributed by atoms with Crippen LogP contribution in [0.2, 0.25) is 0 Å². The molecule has 2 fully saturated rings. The van der Waals surface area contributed by atoms with Crippen molar-refractivity contribution in [1.82, 2.24) is 0 Å². The first kappa shape index (κ1) is 37.8. The number of fused-ring (bicyclic) bond motifs is 15. The third kappa shape index (κ3) is 6.60. The molecule has 4 N–H and O–H groups in total. The summed E-state index contributed by atoms with van der Waals surface area (Å²) in [5, 5.41) is 11.1. The van der Waals surface area contributed by atoms with Crippen LogP contribution in [-0.2, 0) is 0 Å². The van der Waals surface area contributed by atoms with E-state index in [0.717, 1.165) is 46.2 Å². The van der Waals surface area contributed by atoms with Crippen molar-refractivity contribution in [1.29, 1.82) is 0 Å². The number of rotatable bonds is 2. The summed E-state index contributed by atoms with van der Waals surface area (Å²) < 4.78 is 0. The average molecular weight is 1010 g/mol. The van der Waals surface area contributed by atoms with Gasteiger partial charge in [-0.15, -0.1) is 0 Å². The molecule has 2 saturated carbocycles. The molecule has 50 heavy (non-hydrogen) atoms. The fraction of sp³-hybridized carbons (Fsp3) is 0.429. The fourth-order valence-electron chi connectivity index (χ4n) is 10.6. The number of nitrogens with zero attached hydrogens (tertiary/aromatic N) is 1. The Labute approximate surface area is 328 Å². The van der Waals surface area contributed by atoms with Gasteiger partial charge in [0.25, 0.3) is 5.69 Å². The molecule has 5 nitrogen and oxygen atoms in total. The summed E-state index contributed by atoms with van der Waals surface area (Å²) in [4.78, 5) is 10.8. The van der Waals surface area contributed by atoms with Crippen LogP contribution in [0.5, 0.6) is 0 Å². The Bertz CT molecular complexity index is 1890. The monoisotopic (exact) mass is 1010 g/mol. The summed E-state index contributed by atoms with van der Waals surface area (Å²) in [6.45, 7) is 13.4. The molecule has 7 unspecified atom stereocenters. The molecule has 0 spiro atoms. The standard InChI is InChI=1S/C14H13NO2.C14H19N.C14H17N.I3/c1-8(2)13-10-6-7-11(13)14-9(10)4-3-5-12(14)15(16)17;2*1-8(2)13-10-6-7-11(13)14-9(10)4-3-5-12(14)15;1-3-2/h3-7,10-11H,1-2H3;3-5,8,10-11,13H,6-7,15H2,1-2H3;3-5,10-11H,6-7,15H2,1-2H3;/q;;;-1.